The van der Waals surface area contributed by atoms with Gasteiger partial charge in [0.25, 0.3) is 0 Å². The lowest BCUT2D eigenvalue weighted by atomic mass is 10.0. The molecule has 0 aliphatic carbocycles. The number of methoxy groups -OCH3 is 1. The van der Waals surface area contributed by atoms with Crippen LogP contribution in [0.4, 0.5) is 0 Å². The fourth-order valence-electron chi connectivity index (χ4n) is 0.719. The smallest absolute Gasteiger partial charge is 0.0351 e. The molecule has 1 aliphatic heterocycles. The third-order valence-electron chi connectivity index (χ3n) is 1.28. The van der Waals surface area contributed by atoms with Crippen LogP contribution in [0.15, 0.2) is 12.2 Å². The second-order valence-corrected chi connectivity index (χ2v) is 2.35. The van der Waals surface area contributed by atoms with Crippen LogP contribution in [0.2, 0.25) is 0 Å². The molecule has 1 aliphatic rings. The standard InChI is InChI=1S/C6H11N.C2H6O/c1-2-3-6-4-7-5-6;1-3-2/h2-3,6-7H,4-5H2,1H3;1-2H3/b3-2-;. The van der Waals surface area contributed by atoms with Gasteiger partial charge < -0.3 is 10.1 Å². The van der Waals surface area contributed by atoms with Crippen LogP contribution >= 0.6 is 0 Å². The summed E-state index contributed by atoms with van der Waals surface area (Å²) in [4.78, 5) is 0. The summed E-state index contributed by atoms with van der Waals surface area (Å²) in [5.74, 6) is 0.838. The van der Waals surface area contributed by atoms with E-state index in [9.17, 15) is 0 Å². The van der Waals surface area contributed by atoms with E-state index < -0.39 is 0 Å². The molecule has 0 bridgehead atoms. The van der Waals surface area contributed by atoms with Crippen molar-refractivity contribution in [1.82, 2.24) is 5.32 Å². The molecule has 0 aromatic heterocycles. The number of ether oxygens (including phenoxy) is 1. The molecule has 0 amide bonds. The fourth-order valence-corrected chi connectivity index (χ4v) is 0.719. The van der Waals surface area contributed by atoms with Crippen LogP contribution in [-0.4, -0.2) is 27.3 Å². The van der Waals surface area contributed by atoms with Crippen molar-refractivity contribution in [2.45, 2.75) is 6.92 Å². The first-order chi connectivity index (χ1) is 4.85. The van der Waals surface area contributed by atoms with Crippen molar-refractivity contribution in [2.75, 3.05) is 27.3 Å². The fraction of sp³-hybridized carbons (Fsp3) is 0.750. The minimum Gasteiger partial charge on any atom is -0.388 e. The lowest BCUT2D eigenvalue weighted by Crippen LogP contribution is -2.40. The lowest BCUT2D eigenvalue weighted by molar-refractivity contribution is 0.277. The monoisotopic (exact) mass is 143 g/mol. The highest BCUT2D eigenvalue weighted by atomic mass is 16.4. The van der Waals surface area contributed by atoms with Crippen LogP contribution in [0.25, 0.3) is 0 Å². The minimum absolute atomic E-state index is 0.838. The van der Waals surface area contributed by atoms with E-state index in [1.165, 1.54) is 13.1 Å². The Hall–Kier alpha value is -0.340. The summed E-state index contributed by atoms with van der Waals surface area (Å²) in [6.45, 7) is 4.44. The van der Waals surface area contributed by atoms with Crippen molar-refractivity contribution in [1.29, 1.82) is 0 Å². The highest BCUT2D eigenvalue weighted by Crippen LogP contribution is 2.02. The Morgan fingerprint density at radius 2 is 1.90 bits per heavy atom. The molecular formula is C8H17NO. The van der Waals surface area contributed by atoms with Gasteiger partial charge in [-0.1, -0.05) is 12.2 Å². The zero-order chi connectivity index (χ0) is 7.82. The maximum absolute atomic E-state index is 4.25. The number of hydrogen-bond donors (Lipinski definition) is 1. The third-order valence-corrected chi connectivity index (χ3v) is 1.28. The summed E-state index contributed by atoms with van der Waals surface area (Å²) >= 11 is 0. The molecule has 10 heavy (non-hydrogen) atoms. The molecule has 0 unspecified atom stereocenters. The molecule has 1 N–H and O–H groups in total. The zero-order valence-electron chi connectivity index (χ0n) is 7.05. The molecule has 0 aromatic rings. The summed E-state index contributed by atoms with van der Waals surface area (Å²) < 4.78 is 4.25. The molecule has 60 valence electrons. The van der Waals surface area contributed by atoms with Gasteiger partial charge in [-0.25, -0.2) is 0 Å². The van der Waals surface area contributed by atoms with Crippen molar-refractivity contribution < 1.29 is 4.74 Å². The number of hydrogen-bond acceptors (Lipinski definition) is 2. The van der Waals surface area contributed by atoms with Crippen LogP contribution in [-0.2, 0) is 4.74 Å². The maximum Gasteiger partial charge on any atom is 0.0351 e. The van der Waals surface area contributed by atoms with E-state index in [-0.39, 0.29) is 0 Å². The van der Waals surface area contributed by atoms with E-state index in [4.69, 9.17) is 0 Å². The summed E-state index contributed by atoms with van der Waals surface area (Å²) in [6.07, 6.45) is 4.36. The van der Waals surface area contributed by atoms with Gasteiger partial charge in [-0.05, 0) is 6.92 Å². The first-order valence-electron chi connectivity index (χ1n) is 3.58. The van der Waals surface area contributed by atoms with E-state index >= 15 is 0 Å². The minimum atomic E-state index is 0.838. The van der Waals surface area contributed by atoms with Crippen LogP contribution in [0.3, 0.4) is 0 Å². The number of rotatable bonds is 1. The predicted octanol–water partition coefficient (Wildman–Crippen LogP) is 1.04. The summed E-state index contributed by atoms with van der Waals surface area (Å²) in [7, 11) is 3.25. The molecule has 0 saturated carbocycles. The second-order valence-electron chi connectivity index (χ2n) is 2.35. The van der Waals surface area contributed by atoms with Gasteiger partial charge in [-0.15, -0.1) is 0 Å². The molecule has 2 heteroatoms. The predicted molar refractivity (Wildman–Crippen MR) is 44.1 cm³/mol. The normalized spacial score (nSPS) is 17.9. The molecule has 0 radical (unpaired) electrons. The zero-order valence-corrected chi connectivity index (χ0v) is 7.05. The van der Waals surface area contributed by atoms with Gasteiger partial charge in [-0.2, -0.15) is 0 Å². The Morgan fingerprint density at radius 3 is 2.00 bits per heavy atom. The number of allylic oxidation sites excluding steroid dienone is 1. The van der Waals surface area contributed by atoms with Crippen LogP contribution in [0.1, 0.15) is 6.92 Å². The average molecular weight is 143 g/mol. The Kier molecular flexibility index (Phi) is 6.55. The topological polar surface area (TPSA) is 21.3 Å². The molecular weight excluding hydrogens is 126 g/mol. The quantitative estimate of drug-likeness (QED) is 0.554. The van der Waals surface area contributed by atoms with Crippen molar-refractivity contribution >= 4 is 0 Å². The van der Waals surface area contributed by atoms with E-state index in [2.05, 4.69) is 29.1 Å². The third kappa shape index (κ3) is 4.53. The SMILES string of the molecule is C/C=C\C1CNC1.COC. The van der Waals surface area contributed by atoms with E-state index in [0.29, 0.717) is 0 Å². The van der Waals surface area contributed by atoms with Crippen molar-refractivity contribution in [3.63, 3.8) is 0 Å². The largest absolute Gasteiger partial charge is 0.388 e. The Balaban J connectivity index is 0.000000236. The molecule has 1 rings (SSSR count). The van der Waals surface area contributed by atoms with E-state index in [1.54, 1.807) is 14.2 Å². The molecule has 0 aromatic carbocycles. The van der Waals surface area contributed by atoms with E-state index in [0.717, 1.165) is 5.92 Å². The molecule has 1 saturated heterocycles. The van der Waals surface area contributed by atoms with Crippen LogP contribution < -0.4 is 5.32 Å². The van der Waals surface area contributed by atoms with Gasteiger partial charge in [0.1, 0.15) is 0 Å². The van der Waals surface area contributed by atoms with Gasteiger partial charge in [-0.3, -0.25) is 0 Å². The molecule has 1 heterocycles. The summed E-state index contributed by atoms with van der Waals surface area (Å²) in [6, 6.07) is 0. The van der Waals surface area contributed by atoms with Gasteiger partial charge in [0.2, 0.25) is 0 Å². The van der Waals surface area contributed by atoms with Crippen molar-refractivity contribution in [3.8, 4) is 0 Å². The van der Waals surface area contributed by atoms with Crippen molar-refractivity contribution in [3.05, 3.63) is 12.2 Å². The molecule has 0 spiro atoms. The second kappa shape index (κ2) is 6.78. The highest BCUT2D eigenvalue weighted by molar-refractivity contribution is 4.93. The Labute approximate surface area is 63.3 Å². The maximum atomic E-state index is 4.25. The summed E-state index contributed by atoms with van der Waals surface area (Å²) in [5, 5.41) is 3.19. The average Bonchev–Trinajstić information content (AvgIpc) is 1.81. The van der Waals surface area contributed by atoms with Gasteiger partial charge in [0.15, 0.2) is 0 Å². The highest BCUT2D eigenvalue weighted by Gasteiger charge is 2.10. The van der Waals surface area contributed by atoms with Gasteiger partial charge >= 0.3 is 0 Å². The van der Waals surface area contributed by atoms with Gasteiger partial charge in [0.05, 0.1) is 0 Å². The van der Waals surface area contributed by atoms with Crippen LogP contribution in [0, 0.1) is 5.92 Å². The first kappa shape index (κ1) is 9.66. The summed E-state index contributed by atoms with van der Waals surface area (Å²) in [5.41, 5.74) is 0. The first-order valence-corrected chi connectivity index (χ1v) is 3.58. The number of nitrogens with one attached hydrogen (secondary N) is 1. The Morgan fingerprint density at radius 1 is 1.40 bits per heavy atom. The molecule has 2 nitrogen and oxygen atoms in total. The molecule has 0 atom stereocenters. The molecule has 1 fully saturated rings. The van der Waals surface area contributed by atoms with E-state index in [1.807, 2.05) is 0 Å². The van der Waals surface area contributed by atoms with Gasteiger partial charge in [0, 0.05) is 33.2 Å². The van der Waals surface area contributed by atoms with Crippen LogP contribution in [0.5, 0.6) is 0 Å². The van der Waals surface area contributed by atoms with Crippen molar-refractivity contribution in [2.24, 2.45) is 5.92 Å². The Bertz CT molecular complexity index is 87.3. The lowest BCUT2D eigenvalue weighted by Gasteiger charge is -2.23.